The Morgan fingerprint density at radius 1 is 1.62 bits per heavy atom. The summed E-state index contributed by atoms with van der Waals surface area (Å²) in [5, 5.41) is 0. The van der Waals surface area contributed by atoms with Gasteiger partial charge in [0, 0.05) is 12.0 Å². The number of nitrogens with two attached hydrogens (primary N) is 1. The van der Waals surface area contributed by atoms with Crippen LogP contribution in [0.2, 0.25) is 0 Å². The first-order valence-corrected chi connectivity index (χ1v) is 2.76. The predicted octanol–water partition coefficient (Wildman–Crippen LogP) is -0.581. The van der Waals surface area contributed by atoms with Crippen LogP contribution in [0.4, 0.5) is 0 Å². The van der Waals surface area contributed by atoms with Gasteiger partial charge in [0.15, 0.2) is 7.85 Å². The van der Waals surface area contributed by atoms with Gasteiger partial charge in [-0.05, 0) is 12.8 Å². The van der Waals surface area contributed by atoms with Crippen molar-refractivity contribution in [2.45, 2.75) is 18.9 Å². The van der Waals surface area contributed by atoms with Gasteiger partial charge < -0.3 is 10.5 Å². The van der Waals surface area contributed by atoms with Gasteiger partial charge in [-0.25, -0.2) is 0 Å². The largest absolute Gasteiger partial charge is 0.327 e. The smallest absolute Gasteiger partial charge is 0.168 e. The van der Waals surface area contributed by atoms with Gasteiger partial charge in [0.1, 0.15) is 0 Å². The van der Waals surface area contributed by atoms with Crippen LogP contribution in [0.5, 0.6) is 0 Å². The van der Waals surface area contributed by atoms with E-state index in [0.29, 0.717) is 0 Å². The Bertz CT molecular complexity index is 115. The van der Waals surface area contributed by atoms with Crippen LogP contribution in [0.3, 0.4) is 0 Å². The molecule has 0 bridgehead atoms. The first-order chi connectivity index (χ1) is 3.72. The molecule has 1 fully saturated rings. The van der Waals surface area contributed by atoms with Crippen molar-refractivity contribution in [1.29, 1.82) is 0 Å². The zero-order chi connectivity index (χ0) is 6.15. The lowest BCUT2D eigenvalue weighted by molar-refractivity contribution is -0.118. The molecule has 0 aromatic carbocycles. The number of carbonyl (C=O) groups excluding carboxylic acids is 1. The quantitative estimate of drug-likeness (QED) is 0.457. The van der Waals surface area contributed by atoms with E-state index in [-0.39, 0.29) is 17.6 Å². The third-order valence-electron chi connectivity index (χ3n) is 1.69. The highest BCUT2D eigenvalue weighted by Crippen LogP contribution is 2.24. The van der Waals surface area contributed by atoms with E-state index in [9.17, 15) is 4.79 Å². The Morgan fingerprint density at radius 2 is 2.25 bits per heavy atom. The van der Waals surface area contributed by atoms with Crippen LogP contribution in [0.1, 0.15) is 12.8 Å². The summed E-state index contributed by atoms with van der Waals surface area (Å²) in [7, 11) is 4.97. The van der Waals surface area contributed by atoms with Gasteiger partial charge in [0.25, 0.3) is 0 Å². The number of hydrogen-bond acceptors (Lipinski definition) is 2. The summed E-state index contributed by atoms with van der Waals surface area (Å²) in [4.78, 5) is 10.3. The minimum Gasteiger partial charge on any atom is -0.327 e. The fourth-order valence-electron chi connectivity index (χ4n) is 0.879. The van der Waals surface area contributed by atoms with E-state index in [1.165, 1.54) is 0 Å². The molecular formula is C5H8BNO. The highest BCUT2D eigenvalue weighted by molar-refractivity contribution is 6.58. The summed E-state index contributed by atoms with van der Waals surface area (Å²) in [6.07, 6.45) is 1.84. The van der Waals surface area contributed by atoms with E-state index < -0.39 is 0 Å². The fraction of sp³-hybridized carbons (Fsp3) is 0.800. The van der Waals surface area contributed by atoms with E-state index >= 15 is 0 Å². The van der Waals surface area contributed by atoms with Crippen LogP contribution >= 0.6 is 0 Å². The molecule has 0 heterocycles. The molecular weight excluding hydrogens is 101 g/mol. The lowest BCUT2D eigenvalue weighted by Crippen LogP contribution is -2.44. The molecule has 2 N–H and O–H groups in total. The second-order valence-corrected chi connectivity index (χ2v) is 2.25. The van der Waals surface area contributed by atoms with E-state index in [0.717, 1.165) is 12.8 Å². The zero-order valence-electron chi connectivity index (χ0n) is 4.63. The summed E-state index contributed by atoms with van der Waals surface area (Å²) >= 11 is 0. The molecule has 0 amide bonds. The first kappa shape index (κ1) is 5.82. The fourth-order valence-corrected chi connectivity index (χ4v) is 0.879. The Kier molecular flexibility index (Phi) is 1.38. The van der Waals surface area contributed by atoms with Crippen molar-refractivity contribution < 1.29 is 4.79 Å². The maximum Gasteiger partial charge on any atom is 0.168 e. The van der Waals surface area contributed by atoms with Crippen molar-refractivity contribution in [3.63, 3.8) is 0 Å². The standard InChI is InChI=1S/C5H8BNO/c6-5(8)3-1-2-4(3)7/h3-4H,1-2,7H2. The molecule has 0 saturated heterocycles. The molecule has 1 aliphatic carbocycles. The molecule has 1 saturated carbocycles. The van der Waals surface area contributed by atoms with Crippen molar-refractivity contribution in [3.05, 3.63) is 0 Å². The molecule has 2 nitrogen and oxygen atoms in total. The van der Waals surface area contributed by atoms with Crippen molar-refractivity contribution in [1.82, 2.24) is 0 Å². The summed E-state index contributed by atoms with van der Waals surface area (Å²) in [5.74, 6) is -0.0324. The molecule has 0 spiro atoms. The maximum absolute atomic E-state index is 10.3. The number of hydrogen-bond donors (Lipinski definition) is 1. The summed E-state index contributed by atoms with van der Waals surface area (Å²) in [6.45, 7) is 0. The molecule has 2 radical (unpaired) electrons. The van der Waals surface area contributed by atoms with Crippen LogP contribution in [0.25, 0.3) is 0 Å². The summed E-state index contributed by atoms with van der Waals surface area (Å²) in [5.41, 5.74) is 5.18. The summed E-state index contributed by atoms with van der Waals surface area (Å²) < 4.78 is 0. The lowest BCUT2D eigenvalue weighted by Gasteiger charge is -2.31. The van der Waals surface area contributed by atoms with Gasteiger partial charge in [-0.2, -0.15) is 0 Å². The van der Waals surface area contributed by atoms with Crippen molar-refractivity contribution in [2.75, 3.05) is 0 Å². The van der Waals surface area contributed by atoms with Gasteiger partial charge in [0.05, 0.1) is 5.68 Å². The molecule has 2 atom stereocenters. The predicted molar refractivity (Wildman–Crippen MR) is 31.5 cm³/mol. The molecule has 8 heavy (non-hydrogen) atoms. The number of carbonyl (C=O) groups is 1. The molecule has 2 unspecified atom stereocenters. The minimum atomic E-state index is -0.247. The van der Waals surface area contributed by atoms with E-state index in [1.54, 1.807) is 0 Å². The SMILES string of the molecule is [B]C(=O)C1CCC1N. The van der Waals surface area contributed by atoms with Crippen LogP contribution in [0.15, 0.2) is 0 Å². The Labute approximate surface area is 49.8 Å². The minimum absolute atomic E-state index is 0.0324. The zero-order valence-corrected chi connectivity index (χ0v) is 4.63. The molecule has 0 aliphatic heterocycles. The van der Waals surface area contributed by atoms with Crippen molar-refractivity contribution in [2.24, 2.45) is 11.7 Å². The van der Waals surface area contributed by atoms with Crippen LogP contribution in [-0.4, -0.2) is 19.6 Å². The van der Waals surface area contributed by atoms with Crippen LogP contribution in [0, 0.1) is 5.92 Å². The Hall–Kier alpha value is -0.305. The maximum atomic E-state index is 10.3. The van der Waals surface area contributed by atoms with Gasteiger partial charge in [-0.1, -0.05) is 0 Å². The highest BCUT2D eigenvalue weighted by Gasteiger charge is 2.29. The third kappa shape index (κ3) is 0.779. The molecule has 42 valence electrons. The third-order valence-corrected chi connectivity index (χ3v) is 1.69. The Morgan fingerprint density at radius 3 is 2.25 bits per heavy atom. The van der Waals surface area contributed by atoms with Gasteiger partial charge >= 0.3 is 0 Å². The average Bonchev–Trinajstić information content (AvgIpc) is 1.61. The lowest BCUT2D eigenvalue weighted by atomic mass is 9.71. The van der Waals surface area contributed by atoms with Gasteiger partial charge in [0.2, 0.25) is 0 Å². The topological polar surface area (TPSA) is 43.1 Å². The summed E-state index contributed by atoms with van der Waals surface area (Å²) in [6, 6.07) is 0.0486. The second-order valence-electron chi connectivity index (χ2n) is 2.25. The van der Waals surface area contributed by atoms with Gasteiger partial charge in [-0.15, -0.1) is 0 Å². The van der Waals surface area contributed by atoms with Crippen LogP contribution < -0.4 is 5.73 Å². The van der Waals surface area contributed by atoms with E-state index in [1.807, 2.05) is 0 Å². The van der Waals surface area contributed by atoms with E-state index in [4.69, 9.17) is 13.6 Å². The monoisotopic (exact) mass is 109 g/mol. The first-order valence-electron chi connectivity index (χ1n) is 2.76. The van der Waals surface area contributed by atoms with Crippen LogP contribution in [-0.2, 0) is 4.79 Å². The van der Waals surface area contributed by atoms with E-state index in [2.05, 4.69) is 0 Å². The van der Waals surface area contributed by atoms with Gasteiger partial charge in [-0.3, -0.25) is 0 Å². The average molecular weight is 109 g/mol. The van der Waals surface area contributed by atoms with Crippen molar-refractivity contribution in [3.8, 4) is 0 Å². The molecule has 1 aliphatic rings. The molecule has 3 heteroatoms. The second kappa shape index (κ2) is 1.90. The molecule has 1 rings (SSSR count). The highest BCUT2D eigenvalue weighted by atomic mass is 16.1. The van der Waals surface area contributed by atoms with Crippen molar-refractivity contribution >= 4 is 13.5 Å². The molecule has 0 aromatic heterocycles. The normalized spacial score (nSPS) is 36.1. The Balaban J connectivity index is 2.37. The molecule has 0 aromatic rings. The number of rotatable bonds is 1.